The van der Waals surface area contributed by atoms with Crippen molar-refractivity contribution in [2.45, 2.75) is 45.6 Å². The summed E-state index contributed by atoms with van der Waals surface area (Å²) in [4.78, 5) is 11.6. The van der Waals surface area contributed by atoms with Crippen molar-refractivity contribution in [3.8, 4) is 0 Å². The molecule has 0 bridgehead atoms. The molecule has 0 heterocycles. The second kappa shape index (κ2) is 8.48. The Balaban J connectivity index is 2.21. The van der Waals surface area contributed by atoms with Crippen molar-refractivity contribution in [3.05, 3.63) is 0 Å². The van der Waals surface area contributed by atoms with Crippen LogP contribution in [0.25, 0.3) is 0 Å². The van der Waals surface area contributed by atoms with E-state index in [2.05, 4.69) is 5.32 Å². The van der Waals surface area contributed by atoms with Gasteiger partial charge in [0.05, 0.1) is 19.1 Å². The molecule has 4 nitrogen and oxygen atoms in total. The van der Waals surface area contributed by atoms with Crippen LogP contribution in [-0.2, 0) is 14.3 Å². The molecule has 4 heteroatoms. The minimum absolute atomic E-state index is 0.0243. The summed E-state index contributed by atoms with van der Waals surface area (Å²) in [5.74, 6) is 0.0668. The fourth-order valence-corrected chi connectivity index (χ4v) is 2.33. The van der Waals surface area contributed by atoms with Crippen LogP contribution in [0.4, 0.5) is 0 Å². The second-order valence-corrected chi connectivity index (χ2v) is 4.46. The zero-order valence-corrected chi connectivity index (χ0v) is 11.0. The Morgan fingerprint density at radius 1 is 1.29 bits per heavy atom. The molecule has 17 heavy (non-hydrogen) atoms. The van der Waals surface area contributed by atoms with Gasteiger partial charge >= 0.3 is 5.97 Å². The third-order valence-corrected chi connectivity index (χ3v) is 3.18. The molecule has 1 N–H and O–H groups in total. The van der Waals surface area contributed by atoms with Gasteiger partial charge < -0.3 is 14.8 Å². The molecule has 2 atom stereocenters. The lowest BCUT2D eigenvalue weighted by Crippen LogP contribution is -2.38. The Labute approximate surface area is 104 Å². The maximum absolute atomic E-state index is 11.6. The zero-order valence-electron chi connectivity index (χ0n) is 11.0. The SMILES string of the molecule is CCOCCNC1CCCC(C(=O)OCC)C1. The summed E-state index contributed by atoms with van der Waals surface area (Å²) >= 11 is 0. The molecular weight excluding hydrogens is 218 g/mol. The highest BCUT2D eigenvalue weighted by Crippen LogP contribution is 2.25. The van der Waals surface area contributed by atoms with E-state index >= 15 is 0 Å². The lowest BCUT2D eigenvalue weighted by atomic mass is 9.86. The van der Waals surface area contributed by atoms with E-state index in [1.807, 2.05) is 13.8 Å². The first-order valence-electron chi connectivity index (χ1n) is 6.75. The quantitative estimate of drug-likeness (QED) is 0.546. The van der Waals surface area contributed by atoms with Crippen LogP contribution in [0, 0.1) is 5.92 Å². The highest BCUT2D eigenvalue weighted by atomic mass is 16.5. The summed E-state index contributed by atoms with van der Waals surface area (Å²) in [7, 11) is 0. The summed E-state index contributed by atoms with van der Waals surface area (Å²) < 4.78 is 10.4. The van der Waals surface area contributed by atoms with Gasteiger partial charge in [0.15, 0.2) is 0 Å². The molecule has 1 fully saturated rings. The summed E-state index contributed by atoms with van der Waals surface area (Å²) in [5.41, 5.74) is 0. The van der Waals surface area contributed by atoms with Crippen molar-refractivity contribution in [1.82, 2.24) is 5.32 Å². The number of carbonyl (C=O) groups excluding carboxylic acids is 1. The van der Waals surface area contributed by atoms with Gasteiger partial charge in [0, 0.05) is 19.2 Å². The van der Waals surface area contributed by atoms with Crippen LogP contribution in [0.15, 0.2) is 0 Å². The first-order chi connectivity index (χ1) is 8.27. The molecule has 1 aliphatic carbocycles. The highest BCUT2D eigenvalue weighted by molar-refractivity contribution is 5.72. The molecule has 0 amide bonds. The minimum atomic E-state index is -0.0243. The number of nitrogens with one attached hydrogen (secondary N) is 1. The van der Waals surface area contributed by atoms with Gasteiger partial charge in [-0.3, -0.25) is 4.79 Å². The molecule has 0 aliphatic heterocycles. The molecule has 2 unspecified atom stereocenters. The molecule has 1 rings (SSSR count). The minimum Gasteiger partial charge on any atom is -0.466 e. The molecule has 0 spiro atoms. The lowest BCUT2D eigenvalue weighted by molar-refractivity contribution is -0.149. The standard InChI is InChI=1S/C13H25NO3/c1-3-16-9-8-14-12-7-5-6-11(10-12)13(15)17-4-2/h11-12,14H,3-10H2,1-2H3. The van der Waals surface area contributed by atoms with Crippen LogP contribution < -0.4 is 5.32 Å². The Morgan fingerprint density at radius 3 is 2.82 bits per heavy atom. The zero-order chi connectivity index (χ0) is 12.5. The summed E-state index contributed by atoms with van der Waals surface area (Å²) in [6.07, 6.45) is 4.14. The van der Waals surface area contributed by atoms with Gasteiger partial charge in [0.25, 0.3) is 0 Å². The Hall–Kier alpha value is -0.610. The van der Waals surface area contributed by atoms with E-state index in [0.29, 0.717) is 12.6 Å². The number of esters is 1. The predicted octanol–water partition coefficient (Wildman–Crippen LogP) is 1.73. The van der Waals surface area contributed by atoms with Crippen molar-refractivity contribution in [2.75, 3.05) is 26.4 Å². The molecule has 0 aromatic carbocycles. The van der Waals surface area contributed by atoms with Gasteiger partial charge in [-0.05, 0) is 33.1 Å². The number of carbonyl (C=O) groups is 1. The van der Waals surface area contributed by atoms with Crippen molar-refractivity contribution in [2.24, 2.45) is 5.92 Å². The van der Waals surface area contributed by atoms with Crippen molar-refractivity contribution in [1.29, 1.82) is 0 Å². The molecule has 0 radical (unpaired) electrons. The maximum atomic E-state index is 11.6. The Kier molecular flexibility index (Phi) is 7.21. The first kappa shape index (κ1) is 14.5. The van der Waals surface area contributed by atoms with Gasteiger partial charge in [-0.25, -0.2) is 0 Å². The van der Waals surface area contributed by atoms with Crippen LogP contribution in [0.1, 0.15) is 39.5 Å². The number of rotatable bonds is 7. The van der Waals surface area contributed by atoms with E-state index < -0.39 is 0 Å². The summed E-state index contributed by atoms with van der Waals surface area (Å²) in [6.45, 7) is 6.72. The van der Waals surface area contributed by atoms with E-state index in [4.69, 9.17) is 9.47 Å². The lowest BCUT2D eigenvalue weighted by Gasteiger charge is -2.28. The van der Waals surface area contributed by atoms with E-state index in [1.165, 1.54) is 0 Å². The van der Waals surface area contributed by atoms with Gasteiger partial charge in [-0.15, -0.1) is 0 Å². The van der Waals surface area contributed by atoms with Crippen LogP contribution in [0.5, 0.6) is 0 Å². The van der Waals surface area contributed by atoms with Crippen LogP contribution in [0.3, 0.4) is 0 Å². The fourth-order valence-electron chi connectivity index (χ4n) is 2.33. The largest absolute Gasteiger partial charge is 0.466 e. The summed E-state index contributed by atoms with van der Waals surface area (Å²) in [5, 5.41) is 3.45. The molecule has 0 aromatic heterocycles. The molecule has 1 saturated carbocycles. The Bertz CT molecular complexity index is 221. The van der Waals surface area contributed by atoms with Gasteiger partial charge in [0.2, 0.25) is 0 Å². The number of hydrogen-bond acceptors (Lipinski definition) is 4. The molecule has 0 saturated heterocycles. The van der Waals surface area contributed by atoms with Gasteiger partial charge in [-0.1, -0.05) is 6.42 Å². The van der Waals surface area contributed by atoms with Crippen molar-refractivity contribution >= 4 is 5.97 Å². The monoisotopic (exact) mass is 243 g/mol. The highest BCUT2D eigenvalue weighted by Gasteiger charge is 2.27. The van der Waals surface area contributed by atoms with Gasteiger partial charge in [0.1, 0.15) is 0 Å². The van der Waals surface area contributed by atoms with E-state index in [-0.39, 0.29) is 11.9 Å². The van der Waals surface area contributed by atoms with E-state index in [1.54, 1.807) is 0 Å². The predicted molar refractivity (Wildman–Crippen MR) is 66.9 cm³/mol. The topological polar surface area (TPSA) is 47.6 Å². The second-order valence-electron chi connectivity index (χ2n) is 4.46. The fraction of sp³-hybridized carbons (Fsp3) is 0.923. The smallest absolute Gasteiger partial charge is 0.308 e. The van der Waals surface area contributed by atoms with Crippen LogP contribution in [0.2, 0.25) is 0 Å². The average molecular weight is 243 g/mol. The molecule has 0 aromatic rings. The molecule has 1 aliphatic rings. The van der Waals surface area contributed by atoms with E-state index in [0.717, 1.165) is 45.4 Å². The van der Waals surface area contributed by atoms with Gasteiger partial charge in [-0.2, -0.15) is 0 Å². The average Bonchev–Trinajstić information content (AvgIpc) is 2.35. The third-order valence-electron chi connectivity index (χ3n) is 3.18. The van der Waals surface area contributed by atoms with Crippen LogP contribution in [-0.4, -0.2) is 38.4 Å². The number of hydrogen-bond donors (Lipinski definition) is 1. The Morgan fingerprint density at radius 2 is 2.12 bits per heavy atom. The number of ether oxygens (including phenoxy) is 2. The first-order valence-corrected chi connectivity index (χ1v) is 6.75. The molecular formula is C13H25NO3. The van der Waals surface area contributed by atoms with Crippen molar-refractivity contribution in [3.63, 3.8) is 0 Å². The van der Waals surface area contributed by atoms with E-state index in [9.17, 15) is 4.79 Å². The molecule has 100 valence electrons. The maximum Gasteiger partial charge on any atom is 0.308 e. The normalized spacial score (nSPS) is 24.6. The summed E-state index contributed by atoms with van der Waals surface area (Å²) in [6, 6.07) is 0.443. The third kappa shape index (κ3) is 5.50. The van der Waals surface area contributed by atoms with Crippen molar-refractivity contribution < 1.29 is 14.3 Å². The van der Waals surface area contributed by atoms with Crippen LogP contribution >= 0.6 is 0 Å².